The summed E-state index contributed by atoms with van der Waals surface area (Å²) in [5.41, 5.74) is 1.06. The molecule has 0 radical (unpaired) electrons. The molecule has 0 atom stereocenters. The zero-order valence-electron chi connectivity index (χ0n) is 12.0. The van der Waals surface area contributed by atoms with Crippen molar-refractivity contribution in [1.29, 1.82) is 0 Å². The van der Waals surface area contributed by atoms with E-state index in [0.29, 0.717) is 0 Å². The first-order valence-electron chi connectivity index (χ1n) is 7.24. The van der Waals surface area contributed by atoms with Crippen molar-refractivity contribution in [3.05, 3.63) is 53.3 Å². The molecule has 3 aromatic rings. The van der Waals surface area contributed by atoms with Crippen LogP contribution in [0.5, 0.6) is 0 Å². The molecule has 21 heavy (non-hydrogen) atoms. The number of unbranched alkanes of at least 4 members (excludes halogenated alkanes) is 1. The summed E-state index contributed by atoms with van der Waals surface area (Å²) in [6.07, 6.45) is 6.21. The molecule has 0 aliphatic carbocycles. The Morgan fingerprint density at radius 3 is 2.81 bits per heavy atom. The van der Waals surface area contributed by atoms with Crippen LogP contribution in [-0.2, 0) is 6.54 Å². The lowest BCUT2D eigenvalue weighted by Crippen LogP contribution is -2.03. The average Bonchev–Trinajstić information content (AvgIpc) is 2.92. The van der Waals surface area contributed by atoms with Gasteiger partial charge in [-0.1, -0.05) is 41.4 Å². The van der Waals surface area contributed by atoms with Crippen LogP contribution in [-0.4, -0.2) is 9.55 Å². The number of aryl methyl sites for hydroxylation is 1. The Bertz CT molecular complexity index is 749. The van der Waals surface area contributed by atoms with Gasteiger partial charge >= 0.3 is 0 Å². The quantitative estimate of drug-likeness (QED) is 0.677. The molecular formula is C17H18BrN3. The summed E-state index contributed by atoms with van der Waals surface area (Å²) < 4.78 is 3.26. The Hall–Kier alpha value is -1.81. The number of nitrogens with zero attached hydrogens (tertiary/aromatic N) is 2. The number of aromatic nitrogens is 2. The van der Waals surface area contributed by atoms with E-state index in [9.17, 15) is 0 Å². The molecule has 1 heterocycles. The van der Waals surface area contributed by atoms with E-state index in [1.165, 1.54) is 17.2 Å². The van der Waals surface area contributed by atoms with Gasteiger partial charge < -0.3 is 9.88 Å². The summed E-state index contributed by atoms with van der Waals surface area (Å²) in [6, 6.07) is 12.7. The third-order valence-electron chi connectivity index (χ3n) is 3.53. The van der Waals surface area contributed by atoms with E-state index in [-0.39, 0.29) is 0 Å². The van der Waals surface area contributed by atoms with Gasteiger partial charge in [-0.25, -0.2) is 4.98 Å². The number of nitrogens with one attached hydrogen (secondary N) is 1. The fraction of sp³-hybridized carbons (Fsp3) is 0.235. The maximum atomic E-state index is 4.40. The van der Waals surface area contributed by atoms with Crippen LogP contribution in [0.1, 0.15) is 19.8 Å². The molecule has 0 aliphatic heterocycles. The third kappa shape index (κ3) is 3.27. The van der Waals surface area contributed by atoms with Gasteiger partial charge in [-0.15, -0.1) is 0 Å². The molecule has 1 aromatic heterocycles. The van der Waals surface area contributed by atoms with E-state index in [0.717, 1.165) is 29.1 Å². The van der Waals surface area contributed by atoms with Crippen LogP contribution in [0.4, 0.5) is 11.6 Å². The first-order chi connectivity index (χ1) is 10.3. The predicted molar refractivity (Wildman–Crippen MR) is 92.1 cm³/mol. The summed E-state index contributed by atoms with van der Waals surface area (Å²) in [4.78, 5) is 4.40. The smallest absolute Gasteiger partial charge is 0.207 e. The van der Waals surface area contributed by atoms with E-state index < -0.39 is 0 Å². The SMILES string of the molecule is CCCCn1ccnc1Nc1ccc2cc(Br)ccc2c1. The average molecular weight is 344 g/mol. The van der Waals surface area contributed by atoms with Crippen LogP contribution in [0.15, 0.2) is 53.3 Å². The highest BCUT2D eigenvalue weighted by Gasteiger charge is 2.03. The number of hydrogen-bond acceptors (Lipinski definition) is 2. The highest BCUT2D eigenvalue weighted by Crippen LogP contribution is 2.24. The van der Waals surface area contributed by atoms with Crippen molar-refractivity contribution in [2.45, 2.75) is 26.3 Å². The first kappa shape index (κ1) is 14.1. The number of benzene rings is 2. The van der Waals surface area contributed by atoms with Gasteiger partial charge in [0.2, 0.25) is 5.95 Å². The zero-order chi connectivity index (χ0) is 14.7. The Labute approximate surface area is 133 Å². The zero-order valence-corrected chi connectivity index (χ0v) is 13.6. The molecule has 0 bridgehead atoms. The first-order valence-corrected chi connectivity index (χ1v) is 8.03. The van der Waals surface area contributed by atoms with Gasteiger partial charge in [0, 0.05) is 29.1 Å². The summed E-state index contributed by atoms with van der Waals surface area (Å²) >= 11 is 3.50. The van der Waals surface area contributed by atoms with Crippen molar-refractivity contribution < 1.29 is 0 Å². The van der Waals surface area contributed by atoms with E-state index in [2.05, 4.69) is 74.1 Å². The highest BCUT2D eigenvalue weighted by atomic mass is 79.9. The minimum atomic E-state index is 0.903. The van der Waals surface area contributed by atoms with Crippen LogP contribution >= 0.6 is 15.9 Å². The summed E-state index contributed by atoms with van der Waals surface area (Å²) in [5.74, 6) is 0.903. The Morgan fingerprint density at radius 2 is 1.95 bits per heavy atom. The molecule has 3 rings (SSSR count). The summed E-state index contributed by atoms with van der Waals surface area (Å²) in [5, 5.41) is 5.85. The fourth-order valence-electron chi connectivity index (χ4n) is 2.37. The molecule has 0 amide bonds. The molecule has 0 saturated carbocycles. The van der Waals surface area contributed by atoms with Crippen LogP contribution in [0.3, 0.4) is 0 Å². The third-order valence-corrected chi connectivity index (χ3v) is 4.02. The number of anilines is 2. The van der Waals surface area contributed by atoms with Crippen molar-refractivity contribution in [2.24, 2.45) is 0 Å². The normalized spacial score (nSPS) is 11.0. The Kier molecular flexibility index (Phi) is 4.25. The number of fused-ring (bicyclic) bond motifs is 1. The van der Waals surface area contributed by atoms with Crippen molar-refractivity contribution in [3.8, 4) is 0 Å². The van der Waals surface area contributed by atoms with E-state index in [4.69, 9.17) is 0 Å². The van der Waals surface area contributed by atoms with Crippen molar-refractivity contribution in [3.63, 3.8) is 0 Å². The van der Waals surface area contributed by atoms with Gasteiger partial charge in [0.1, 0.15) is 0 Å². The molecule has 0 unspecified atom stereocenters. The van der Waals surface area contributed by atoms with Gasteiger partial charge in [0.25, 0.3) is 0 Å². The lowest BCUT2D eigenvalue weighted by Gasteiger charge is -2.10. The topological polar surface area (TPSA) is 29.9 Å². The van der Waals surface area contributed by atoms with Crippen LogP contribution < -0.4 is 5.32 Å². The molecule has 2 aromatic carbocycles. The maximum absolute atomic E-state index is 4.40. The summed E-state index contributed by atoms with van der Waals surface area (Å²) in [6.45, 7) is 3.20. The molecule has 0 spiro atoms. The van der Waals surface area contributed by atoms with Gasteiger partial charge in [-0.2, -0.15) is 0 Å². The molecule has 0 fully saturated rings. The number of halogens is 1. The van der Waals surface area contributed by atoms with E-state index in [1.807, 2.05) is 12.4 Å². The number of imidazole rings is 1. The second kappa shape index (κ2) is 6.31. The molecule has 3 nitrogen and oxygen atoms in total. The molecular weight excluding hydrogens is 326 g/mol. The monoisotopic (exact) mass is 343 g/mol. The second-order valence-electron chi connectivity index (χ2n) is 5.13. The van der Waals surface area contributed by atoms with E-state index in [1.54, 1.807) is 0 Å². The molecule has 1 N–H and O–H groups in total. The van der Waals surface area contributed by atoms with E-state index >= 15 is 0 Å². The van der Waals surface area contributed by atoms with Crippen LogP contribution in [0, 0.1) is 0 Å². The summed E-state index contributed by atoms with van der Waals surface area (Å²) in [7, 11) is 0. The van der Waals surface area contributed by atoms with Gasteiger partial charge in [-0.05, 0) is 41.5 Å². The van der Waals surface area contributed by atoms with Crippen molar-refractivity contribution in [1.82, 2.24) is 9.55 Å². The molecule has 0 saturated heterocycles. The minimum absolute atomic E-state index is 0.903. The van der Waals surface area contributed by atoms with Crippen molar-refractivity contribution in [2.75, 3.05) is 5.32 Å². The standard InChI is InChI=1S/C17H18BrN3/c1-2-3-9-21-10-8-19-17(21)20-16-7-5-13-11-15(18)6-4-14(13)12-16/h4-8,10-12H,2-3,9H2,1H3,(H,19,20). The highest BCUT2D eigenvalue weighted by molar-refractivity contribution is 9.10. The molecule has 4 heteroatoms. The fourth-order valence-corrected chi connectivity index (χ4v) is 2.74. The lowest BCUT2D eigenvalue weighted by atomic mass is 10.1. The number of rotatable bonds is 5. The van der Waals surface area contributed by atoms with Gasteiger partial charge in [-0.3, -0.25) is 0 Å². The van der Waals surface area contributed by atoms with Crippen LogP contribution in [0.25, 0.3) is 10.8 Å². The molecule has 0 aliphatic rings. The largest absolute Gasteiger partial charge is 0.326 e. The maximum Gasteiger partial charge on any atom is 0.207 e. The lowest BCUT2D eigenvalue weighted by molar-refractivity contribution is 0.638. The molecule has 108 valence electrons. The second-order valence-corrected chi connectivity index (χ2v) is 6.04. The van der Waals surface area contributed by atoms with Crippen molar-refractivity contribution >= 4 is 38.3 Å². The Balaban J connectivity index is 1.84. The minimum Gasteiger partial charge on any atom is -0.326 e. The predicted octanol–water partition coefficient (Wildman–Crippen LogP) is 5.34. The number of hydrogen-bond donors (Lipinski definition) is 1. The Morgan fingerprint density at radius 1 is 1.14 bits per heavy atom. The van der Waals surface area contributed by atoms with Crippen LogP contribution in [0.2, 0.25) is 0 Å². The van der Waals surface area contributed by atoms with Gasteiger partial charge in [0.05, 0.1) is 0 Å². The van der Waals surface area contributed by atoms with Gasteiger partial charge in [0.15, 0.2) is 0 Å².